The Hall–Kier alpha value is -1.82. The molecule has 0 radical (unpaired) electrons. The first-order chi connectivity index (χ1) is 8.56. The molecule has 2 N–H and O–H groups in total. The maximum absolute atomic E-state index is 11.6. The van der Waals surface area contributed by atoms with E-state index in [-0.39, 0.29) is 22.6 Å². The Bertz CT molecular complexity index is 515. The summed E-state index contributed by atoms with van der Waals surface area (Å²) in [7, 11) is 0. The molecule has 1 atom stereocenters. The number of rotatable bonds is 3. The Labute approximate surface area is 108 Å². The number of piperidine rings is 1. The second-order valence-corrected chi connectivity index (χ2v) is 5.17. The van der Waals surface area contributed by atoms with Crippen LogP contribution in [0.4, 0.5) is 0 Å². The number of hydrogen-bond donors (Lipinski definition) is 2. The fraction of sp³-hybridized carbons (Fsp3) is 0.250. The Kier molecular flexibility index (Phi) is 3.66. The maximum atomic E-state index is 11.6. The molecule has 2 amide bonds. The third-order valence-electron chi connectivity index (χ3n) is 2.55. The van der Waals surface area contributed by atoms with E-state index in [2.05, 4.69) is 5.32 Å². The zero-order chi connectivity index (χ0) is 13.1. The van der Waals surface area contributed by atoms with Gasteiger partial charge in [-0.2, -0.15) is 0 Å². The second-order valence-electron chi connectivity index (χ2n) is 3.89. The molecule has 0 aromatic heterocycles. The molecule has 0 spiro atoms. The molecule has 0 bridgehead atoms. The average molecular weight is 265 g/mol. The van der Waals surface area contributed by atoms with Gasteiger partial charge in [0, 0.05) is 11.3 Å². The van der Waals surface area contributed by atoms with Gasteiger partial charge in [0.25, 0.3) is 0 Å². The molecule has 1 saturated heterocycles. The van der Waals surface area contributed by atoms with Crippen LogP contribution in [0.5, 0.6) is 0 Å². The summed E-state index contributed by atoms with van der Waals surface area (Å²) in [6.07, 6.45) is 0.800. The van der Waals surface area contributed by atoms with Gasteiger partial charge in [-0.15, -0.1) is 11.8 Å². The van der Waals surface area contributed by atoms with Crippen LogP contribution in [0.25, 0.3) is 0 Å². The van der Waals surface area contributed by atoms with Gasteiger partial charge in [-0.1, -0.05) is 6.07 Å². The average Bonchev–Trinajstić information content (AvgIpc) is 2.33. The lowest BCUT2D eigenvalue weighted by Gasteiger charge is -2.20. The van der Waals surface area contributed by atoms with Crippen molar-refractivity contribution in [1.29, 1.82) is 0 Å². The highest BCUT2D eigenvalue weighted by molar-refractivity contribution is 8.00. The lowest BCUT2D eigenvalue weighted by Crippen LogP contribution is -2.42. The quantitative estimate of drug-likeness (QED) is 0.804. The molecule has 2 rings (SSSR count). The Morgan fingerprint density at radius 1 is 1.39 bits per heavy atom. The molecule has 18 heavy (non-hydrogen) atoms. The number of amides is 2. The Morgan fingerprint density at radius 2 is 2.17 bits per heavy atom. The number of hydrogen-bond acceptors (Lipinski definition) is 4. The number of carboxylic acid groups (broad SMARTS) is 1. The monoisotopic (exact) mass is 265 g/mol. The molecule has 0 saturated carbocycles. The van der Waals surface area contributed by atoms with Crippen LogP contribution in [0.3, 0.4) is 0 Å². The smallest absolute Gasteiger partial charge is 0.335 e. The maximum Gasteiger partial charge on any atom is 0.335 e. The number of carboxylic acids is 1. The van der Waals surface area contributed by atoms with Crippen LogP contribution < -0.4 is 5.32 Å². The Morgan fingerprint density at radius 3 is 2.83 bits per heavy atom. The third kappa shape index (κ3) is 2.89. The van der Waals surface area contributed by atoms with Gasteiger partial charge in [-0.25, -0.2) is 4.79 Å². The van der Waals surface area contributed by atoms with E-state index in [1.807, 2.05) is 0 Å². The van der Waals surface area contributed by atoms with Crippen LogP contribution in [0.15, 0.2) is 29.2 Å². The summed E-state index contributed by atoms with van der Waals surface area (Å²) in [5.74, 6) is -1.56. The number of nitrogens with one attached hydrogen (secondary N) is 1. The highest BCUT2D eigenvalue weighted by Gasteiger charge is 2.27. The van der Waals surface area contributed by atoms with Gasteiger partial charge < -0.3 is 5.11 Å². The van der Waals surface area contributed by atoms with Gasteiger partial charge in [0.15, 0.2) is 0 Å². The van der Waals surface area contributed by atoms with Crippen LogP contribution in [0.1, 0.15) is 23.2 Å². The largest absolute Gasteiger partial charge is 0.478 e. The molecule has 1 aliphatic heterocycles. The summed E-state index contributed by atoms with van der Waals surface area (Å²) in [5.41, 5.74) is 0.187. The predicted molar refractivity (Wildman–Crippen MR) is 65.4 cm³/mol. The van der Waals surface area contributed by atoms with Crippen molar-refractivity contribution in [3.05, 3.63) is 29.8 Å². The zero-order valence-corrected chi connectivity index (χ0v) is 10.2. The molecule has 6 heteroatoms. The van der Waals surface area contributed by atoms with Crippen LogP contribution in [-0.4, -0.2) is 28.1 Å². The van der Waals surface area contributed by atoms with E-state index in [1.54, 1.807) is 12.1 Å². The summed E-state index contributed by atoms with van der Waals surface area (Å²) in [6.45, 7) is 0. The summed E-state index contributed by atoms with van der Waals surface area (Å²) in [4.78, 5) is 34.1. The molecule has 1 heterocycles. The lowest BCUT2D eigenvalue weighted by atomic mass is 10.1. The highest BCUT2D eigenvalue weighted by atomic mass is 32.2. The van der Waals surface area contributed by atoms with Gasteiger partial charge in [0.2, 0.25) is 11.8 Å². The highest BCUT2D eigenvalue weighted by Crippen LogP contribution is 2.28. The van der Waals surface area contributed by atoms with Crippen molar-refractivity contribution in [2.45, 2.75) is 23.0 Å². The SMILES string of the molecule is O=C1CCC(Sc2cccc(C(=O)O)c2)C(=O)N1. The van der Waals surface area contributed by atoms with E-state index in [0.29, 0.717) is 17.7 Å². The molecular formula is C12H11NO4S. The van der Waals surface area contributed by atoms with Crippen LogP contribution in [0, 0.1) is 0 Å². The van der Waals surface area contributed by atoms with Gasteiger partial charge in [0.05, 0.1) is 10.8 Å². The van der Waals surface area contributed by atoms with Crippen molar-refractivity contribution in [3.63, 3.8) is 0 Å². The molecule has 1 aromatic rings. The normalized spacial score (nSPS) is 19.4. The van der Waals surface area contributed by atoms with Gasteiger partial charge >= 0.3 is 5.97 Å². The number of imide groups is 1. The number of aromatic carboxylic acids is 1. The van der Waals surface area contributed by atoms with Crippen LogP contribution >= 0.6 is 11.8 Å². The lowest BCUT2D eigenvalue weighted by molar-refractivity contribution is -0.132. The molecular weight excluding hydrogens is 254 g/mol. The van der Waals surface area contributed by atoms with E-state index in [9.17, 15) is 14.4 Å². The molecule has 0 aliphatic carbocycles. The minimum Gasteiger partial charge on any atom is -0.478 e. The van der Waals surface area contributed by atoms with Crippen molar-refractivity contribution in [2.24, 2.45) is 0 Å². The standard InChI is InChI=1S/C12H11NO4S/c14-10-5-4-9(11(15)13-10)18-8-3-1-2-7(6-8)12(16)17/h1-3,6,9H,4-5H2,(H,16,17)(H,13,14,15). The molecule has 1 fully saturated rings. The fourth-order valence-electron chi connectivity index (χ4n) is 1.65. The first-order valence-electron chi connectivity index (χ1n) is 5.40. The fourth-order valence-corrected chi connectivity index (χ4v) is 2.74. The molecule has 94 valence electrons. The predicted octanol–water partition coefficient (Wildman–Crippen LogP) is 1.28. The van der Waals surface area contributed by atoms with Gasteiger partial charge in [0.1, 0.15) is 0 Å². The first kappa shape index (κ1) is 12.6. The molecule has 5 nitrogen and oxygen atoms in total. The number of benzene rings is 1. The van der Waals surface area contributed by atoms with Crippen molar-refractivity contribution in [1.82, 2.24) is 5.32 Å². The number of thioether (sulfide) groups is 1. The van der Waals surface area contributed by atoms with Crippen LogP contribution in [0.2, 0.25) is 0 Å². The zero-order valence-electron chi connectivity index (χ0n) is 9.38. The first-order valence-corrected chi connectivity index (χ1v) is 6.28. The Balaban J connectivity index is 2.09. The van der Waals surface area contributed by atoms with E-state index >= 15 is 0 Å². The summed E-state index contributed by atoms with van der Waals surface area (Å²) >= 11 is 1.28. The van der Waals surface area contributed by atoms with E-state index in [4.69, 9.17) is 5.11 Å². The third-order valence-corrected chi connectivity index (χ3v) is 3.81. The van der Waals surface area contributed by atoms with E-state index in [1.165, 1.54) is 23.9 Å². The van der Waals surface area contributed by atoms with Crippen molar-refractivity contribution >= 4 is 29.5 Å². The van der Waals surface area contributed by atoms with Gasteiger partial charge in [-0.3, -0.25) is 14.9 Å². The second kappa shape index (κ2) is 5.22. The summed E-state index contributed by atoms with van der Waals surface area (Å²) in [6, 6.07) is 6.41. The summed E-state index contributed by atoms with van der Waals surface area (Å²) in [5, 5.41) is 10.8. The van der Waals surface area contributed by atoms with Crippen molar-refractivity contribution in [2.75, 3.05) is 0 Å². The minimum atomic E-state index is -0.999. The number of carbonyl (C=O) groups is 3. The van der Waals surface area contributed by atoms with Gasteiger partial charge in [-0.05, 0) is 24.6 Å². The van der Waals surface area contributed by atoms with E-state index in [0.717, 1.165) is 0 Å². The number of carbonyl (C=O) groups excluding carboxylic acids is 2. The molecule has 1 aliphatic rings. The molecule has 1 aromatic carbocycles. The minimum absolute atomic E-state index is 0.187. The summed E-state index contributed by atoms with van der Waals surface area (Å²) < 4.78 is 0. The van der Waals surface area contributed by atoms with Crippen molar-refractivity contribution in [3.8, 4) is 0 Å². The van der Waals surface area contributed by atoms with Crippen LogP contribution in [-0.2, 0) is 9.59 Å². The van der Waals surface area contributed by atoms with Crippen molar-refractivity contribution < 1.29 is 19.5 Å². The van der Waals surface area contributed by atoms with E-state index < -0.39 is 5.97 Å². The topological polar surface area (TPSA) is 83.5 Å². The molecule has 1 unspecified atom stereocenters.